The third-order valence-electron chi connectivity index (χ3n) is 3.63. The molecule has 1 aliphatic carbocycles. The maximum Gasteiger partial charge on any atom is 0.224 e. The van der Waals surface area contributed by atoms with E-state index in [0.717, 1.165) is 16.8 Å². The van der Waals surface area contributed by atoms with Crippen LogP contribution in [0.15, 0.2) is 30.3 Å². The highest BCUT2D eigenvalue weighted by Crippen LogP contribution is 2.29. The highest BCUT2D eigenvalue weighted by molar-refractivity contribution is 5.39. The fourth-order valence-electron chi connectivity index (χ4n) is 2.29. The molecule has 0 saturated heterocycles. The van der Waals surface area contributed by atoms with Crippen molar-refractivity contribution in [3.05, 3.63) is 53.0 Å². The van der Waals surface area contributed by atoms with Crippen LogP contribution >= 0.6 is 0 Å². The van der Waals surface area contributed by atoms with Crippen molar-refractivity contribution in [2.24, 2.45) is 0 Å². The third-order valence-corrected chi connectivity index (χ3v) is 3.63. The molecule has 0 unspecified atom stereocenters. The van der Waals surface area contributed by atoms with Crippen LogP contribution < -0.4 is 10.1 Å². The highest BCUT2D eigenvalue weighted by atomic mass is 19.1. The Hall–Kier alpha value is -1.94. The molecule has 3 rings (SSSR count). The molecule has 1 saturated carbocycles. The van der Waals surface area contributed by atoms with Crippen LogP contribution in [0.2, 0.25) is 0 Å². The second-order valence-electron chi connectivity index (χ2n) is 5.55. The minimum absolute atomic E-state index is 0.211. The van der Waals surface area contributed by atoms with Crippen molar-refractivity contribution in [1.82, 2.24) is 10.3 Å². The molecule has 2 aromatic rings. The lowest BCUT2D eigenvalue weighted by molar-refractivity contribution is 0.419. The highest BCUT2D eigenvalue weighted by Gasteiger charge is 2.22. The van der Waals surface area contributed by atoms with Gasteiger partial charge in [-0.15, -0.1) is 0 Å². The van der Waals surface area contributed by atoms with Gasteiger partial charge in [-0.3, -0.25) is 0 Å². The molecule has 1 aliphatic rings. The van der Waals surface area contributed by atoms with Crippen LogP contribution in [0, 0.1) is 19.7 Å². The predicted molar refractivity (Wildman–Crippen MR) is 80.0 cm³/mol. The van der Waals surface area contributed by atoms with Crippen LogP contribution in [-0.4, -0.2) is 11.0 Å². The summed E-state index contributed by atoms with van der Waals surface area (Å²) in [5, 5.41) is 3.46. The number of hydrogen-bond acceptors (Lipinski definition) is 3. The molecule has 1 fully saturated rings. The Kier molecular flexibility index (Phi) is 3.88. The van der Waals surface area contributed by atoms with Gasteiger partial charge in [0.25, 0.3) is 0 Å². The molecule has 21 heavy (non-hydrogen) atoms. The minimum Gasteiger partial charge on any atom is -0.436 e. The Morgan fingerprint density at radius 2 is 2.05 bits per heavy atom. The predicted octanol–water partition coefficient (Wildman–Crippen LogP) is 3.88. The van der Waals surface area contributed by atoms with Crippen molar-refractivity contribution >= 4 is 0 Å². The topological polar surface area (TPSA) is 34.1 Å². The van der Waals surface area contributed by atoms with E-state index in [1.54, 1.807) is 18.2 Å². The van der Waals surface area contributed by atoms with Crippen molar-refractivity contribution in [2.45, 2.75) is 39.3 Å². The van der Waals surface area contributed by atoms with Gasteiger partial charge in [-0.2, -0.15) is 0 Å². The summed E-state index contributed by atoms with van der Waals surface area (Å²) in [4.78, 5) is 4.44. The van der Waals surface area contributed by atoms with Crippen LogP contribution in [0.25, 0.3) is 0 Å². The second kappa shape index (κ2) is 5.82. The number of halogens is 1. The van der Waals surface area contributed by atoms with Crippen LogP contribution in [-0.2, 0) is 6.54 Å². The Morgan fingerprint density at radius 3 is 2.76 bits per heavy atom. The van der Waals surface area contributed by atoms with E-state index in [4.69, 9.17) is 4.74 Å². The van der Waals surface area contributed by atoms with Crippen molar-refractivity contribution in [2.75, 3.05) is 0 Å². The van der Waals surface area contributed by atoms with Gasteiger partial charge >= 0.3 is 0 Å². The fourth-order valence-corrected chi connectivity index (χ4v) is 2.29. The summed E-state index contributed by atoms with van der Waals surface area (Å²) in [6.07, 6.45) is 2.45. The number of ether oxygens (including phenoxy) is 1. The molecular weight excluding hydrogens is 267 g/mol. The molecule has 0 amide bonds. The zero-order chi connectivity index (χ0) is 14.8. The van der Waals surface area contributed by atoms with E-state index in [9.17, 15) is 4.39 Å². The van der Waals surface area contributed by atoms with Crippen molar-refractivity contribution in [3.63, 3.8) is 0 Å². The number of hydrogen-bond donors (Lipinski definition) is 1. The maximum absolute atomic E-state index is 13.8. The van der Waals surface area contributed by atoms with Gasteiger partial charge in [0.15, 0.2) is 11.6 Å². The monoisotopic (exact) mass is 286 g/mol. The van der Waals surface area contributed by atoms with E-state index in [1.165, 1.54) is 18.9 Å². The second-order valence-corrected chi connectivity index (χ2v) is 5.55. The van der Waals surface area contributed by atoms with Gasteiger partial charge in [0, 0.05) is 23.8 Å². The zero-order valence-electron chi connectivity index (χ0n) is 12.3. The lowest BCUT2D eigenvalue weighted by Crippen LogP contribution is -2.17. The number of benzene rings is 1. The largest absolute Gasteiger partial charge is 0.436 e. The molecule has 0 bridgehead atoms. The maximum atomic E-state index is 13.8. The van der Waals surface area contributed by atoms with Crippen molar-refractivity contribution in [1.29, 1.82) is 0 Å². The van der Waals surface area contributed by atoms with Gasteiger partial charge in [-0.05, 0) is 50.5 Å². The summed E-state index contributed by atoms with van der Waals surface area (Å²) in [6, 6.07) is 9.04. The number of aryl methyl sites for hydroxylation is 2. The summed E-state index contributed by atoms with van der Waals surface area (Å²) in [5.41, 5.74) is 2.98. The van der Waals surface area contributed by atoms with E-state index in [-0.39, 0.29) is 11.6 Å². The molecule has 1 aromatic heterocycles. The number of nitrogens with zero attached hydrogens (tertiary/aromatic N) is 1. The molecule has 4 heteroatoms. The number of pyridine rings is 1. The molecule has 0 radical (unpaired) electrons. The molecule has 1 aromatic carbocycles. The fraction of sp³-hybridized carbons (Fsp3) is 0.353. The molecule has 1 heterocycles. The summed E-state index contributed by atoms with van der Waals surface area (Å²) >= 11 is 0. The molecule has 3 nitrogen and oxygen atoms in total. The Labute approximate surface area is 124 Å². The van der Waals surface area contributed by atoms with Gasteiger partial charge < -0.3 is 10.1 Å². The molecule has 110 valence electrons. The van der Waals surface area contributed by atoms with E-state index >= 15 is 0 Å². The quantitative estimate of drug-likeness (QED) is 0.905. The average molecular weight is 286 g/mol. The first kappa shape index (κ1) is 14.0. The number of nitrogens with one attached hydrogen (secondary N) is 1. The van der Waals surface area contributed by atoms with E-state index in [0.29, 0.717) is 18.5 Å². The van der Waals surface area contributed by atoms with Crippen molar-refractivity contribution < 1.29 is 9.13 Å². The zero-order valence-corrected chi connectivity index (χ0v) is 12.3. The van der Waals surface area contributed by atoms with Gasteiger partial charge in [0.05, 0.1) is 0 Å². The van der Waals surface area contributed by atoms with Gasteiger partial charge in [0.1, 0.15) is 0 Å². The van der Waals surface area contributed by atoms with Crippen LogP contribution in [0.1, 0.15) is 29.7 Å². The van der Waals surface area contributed by atoms with E-state index < -0.39 is 0 Å². The number of para-hydroxylation sites is 1. The van der Waals surface area contributed by atoms with Gasteiger partial charge in [-0.25, -0.2) is 9.37 Å². The molecule has 0 aliphatic heterocycles. The van der Waals surface area contributed by atoms with Gasteiger partial charge in [-0.1, -0.05) is 12.1 Å². The minimum atomic E-state index is -0.375. The van der Waals surface area contributed by atoms with Crippen molar-refractivity contribution in [3.8, 4) is 11.6 Å². The first-order valence-corrected chi connectivity index (χ1v) is 7.26. The van der Waals surface area contributed by atoms with Crippen LogP contribution in [0.4, 0.5) is 4.39 Å². The van der Waals surface area contributed by atoms with Crippen LogP contribution in [0.3, 0.4) is 0 Å². The average Bonchev–Trinajstić information content (AvgIpc) is 3.24. The molecule has 0 spiro atoms. The lowest BCUT2D eigenvalue weighted by Gasteiger charge is -2.14. The van der Waals surface area contributed by atoms with E-state index in [2.05, 4.69) is 10.3 Å². The third kappa shape index (κ3) is 3.39. The Bertz CT molecular complexity index is 653. The number of rotatable bonds is 5. The summed E-state index contributed by atoms with van der Waals surface area (Å²) in [5.74, 6) is 0.327. The first-order valence-electron chi connectivity index (χ1n) is 7.26. The van der Waals surface area contributed by atoms with Crippen LogP contribution in [0.5, 0.6) is 11.6 Å². The summed E-state index contributed by atoms with van der Waals surface area (Å²) in [6.45, 7) is 4.65. The normalized spacial score (nSPS) is 14.2. The number of aromatic nitrogens is 1. The molecule has 0 atom stereocenters. The molecular formula is C17H19FN2O. The standard InChI is InChI=1S/C17H19FN2O/c1-11-9-12(2)20-17(14(11)10-19-13-7-8-13)21-16-6-4-3-5-15(16)18/h3-6,9,13,19H,7-8,10H2,1-2H3. The molecule has 1 N–H and O–H groups in total. The Balaban J connectivity index is 1.89. The lowest BCUT2D eigenvalue weighted by atomic mass is 10.1. The summed E-state index contributed by atoms with van der Waals surface area (Å²) in [7, 11) is 0. The Morgan fingerprint density at radius 1 is 1.29 bits per heavy atom. The SMILES string of the molecule is Cc1cc(C)c(CNC2CC2)c(Oc2ccccc2F)n1. The van der Waals surface area contributed by atoms with E-state index in [1.807, 2.05) is 19.9 Å². The summed E-state index contributed by atoms with van der Waals surface area (Å²) < 4.78 is 19.5. The smallest absolute Gasteiger partial charge is 0.224 e. The van der Waals surface area contributed by atoms with Gasteiger partial charge in [0.2, 0.25) is 5.88 Å². The first-order chi connectivity index (χ1) is 10.1.